The molecular formula is C21H16F5N9O. The van der Waals surface area contributed by atoms with Crippen molar-refractivity contribution in [2.45, 2.75) is 24.7 Å². The van der Waals surface area contributed by atoms with Crippen LogP contribution in [0.4, 0.5) is 33.6 Å². The predicted octanol–water partition coefficient (Wildman–Crippen LogP) is 2.73. The van der Waals surface area contributed by atoms with Crippen molar-refractivity contribution >= 4 is 28.7 Å². The number of hydrogen-bond donors (Lipinski definition) is 4. The van der Waals surface area contributed by atoms with Crippen LogP contribution in [0.3, 0.4) is 0 Å². The maximum absolute atomic E-state index is 13.7. The molecule has 5 N–H and O–H groups in total. The lowest BCUT2D eigenvalue weighted by Gasteiger charge is -2.20. The van der Waals surface area contributed by atoms with Crippen molar-refractivity contribution in [2.75, 3.05) is 11.2 Å². The van der Waals surface area contributed by atoms with Gasteiger partial charge in [0.05, 0.1) is 0 Å². The molecule has 10 nitrogen and oxygen atoms in total. The van der Waals surface area contributed by atoms with E-state index in [2.05, 4.69) is 36.1 Å². The number of nitrogen functional groups attached to an aromatic ring is 1. The summed E-state index contributed by atoms with van der Waals surface area (Å²) in [4.78, 5) is 28.6. The molecule has 1 atom stereocenters. The van der Waals surface area contributed by atoms with E-state index in [1.54, 1.807) is 35.2 Å². The Balaban J connectivity index is 1.29. The Bertz CT molecular complexity index is 1450. The fourth-order valence-electron chi connectivity index (χ4n) is 3.67. The number of pyridine rings is 1. The molecule has 0 spiro atoms. The highest BCUT2D eigenvalue weighted by Crippen LogP contribution is 2.45. The lowest BCUT2D eigenvalue weighted by Crippen LogP contribution is -2.36. The Morgan fingerprint density at radius 3 is 2.56 bits per heavy atom. The summed E-state index contributed by atoms with van der Waals surface area (Å²) >= 11 is 0. The number of hydrogen-bond acceptors (Lipinski definition) is 8. The number of hydrazine groups is 1. The lowest BCUT2D eigenvalue weighted by atomic mass is 10.0. The zero-order valence-electron chi connectivity index (χ0n) is 18.0. The number of benzene rings is 1. The van der Waals surface area contributed by atoms with Gasteiger partial charge in [0.15, 0.2) is 17.0 Å². The quantitative estimate of drug-likeness (QED) is 0.304. The van der Waals surface area contributed by atoms with Gasteiger partial charge in [-0.3, -0.25) is 9.36 Å². The number of halogens is 5. The molecule has 0 saturated carbocycles. The number of anilines is 2. The van der Waals surface area contributed by atoms with Gasteiger partial charge in [0.1, 0.15) is 24.5 Å². The van der Waals surface area contributed by atoms with Crippen molar-refractivity contribution in [3.05, 3.63) is 65.9 Å². The SMILES string of the molecule is Nc1ncnc2c1ncn2-c1ccc(CNC(=O)C2NNc3ncc(C(F)(F)C(F)(F)F)cc32)cc1. The zero-order chi connectivity index (χ0) is 25.7. The number of fused-ring (bicyclic) bond motifs is 2. The molecule has 4 aromatic rings. The van der Waals surface area contributed by atoms with Gasteiger partial charge in [0.2, 0.25) is 5.91 Å². The summed E-state index contributed by atoms with van der Waals surface area (Å²) in [5.41, 5.74) is 11.8. The van der Waals surface area contributed by atoms with E-state index in [1.807, 2.05) is 0 Å². The minimum Gasteiger partial charge on any atom is -0.382 e. The third-order valence-electron chi connectivity index (χ3n) is 5.59. The molecule has 0 saturated heterocycles. The van der Waals surface area contributed by atoms with Crippen LogP contribution in [-0.4, -0.2) is 36.6 Å². The van der Waals surface area contributed by atoms with E-state index >= 15 is 0 Å². The van der Waals surface area contributed by atoms with Crippen LogP contribution in [0.25, 0.3) is 16.9 Å². The monoisotopic (exact) mass is 505 g/mol. The summed E-state index contributed by atoms with van der Waals surface area (Å²) in [6.45, 7) is 0.0677. The summed E-state index contributed by atoms with van der Waals surface area (Å²) in [5.74, 6) is -5.52. The molecular weight excluding hydrogens is 489 g/mol. The fourth-order valence-corrected chi connectivity index (χ4v) is 3.67. The minimum absolute atomic E-state index is 0.0155. The van der Waals surface area contributed by atoms with Gasteiger partial charge in [-0.15, -0.1) is 0 Å². The Hall–Kier alpha value is -4.40. The van der Waals surface area contributed by atoms with E-state index in [9.17, 15) is 26.7 Å². The van der Waals surface area contributed by atoms with E-state index < -0.39 is 29.6 Å². The first-order valence-electron chi connectivity index (χ1n) is 10.3. The smallest absolute Gasteiger partial charge is 0.382 e. The fraction of sp³-hybridized carbons (Fsp3) is 0.190. The molecule has 0 aliphatic carbocycles. The molecule has 186 valence electrons. The number of nitrogens with two attached hydrogens (primary N) is 1. The largest absolute Gasteiger partial charge is 0.458 e. The molecule has 1 aliphatic heterocycles. The predicted molar refractivity (Wildman–Crippen MR) is 117 cm³/mol. The van der Waals surface area contributed by atoms with E-state index in [4.69, 9.17) is 5.73 Å². The number of aromatic nitrogens is 5. The lowest BCUT2D eigenvalue weighted by molar-refractivity contribution is -0.289. The van der Waals surface area contributed by atoms with Crippen molar-refractivity contribution in [1.29, 1.82) is 0 Å². The van der Waals surface area contributed by atoms with Gasteiger partial charge in [-0.1, -0.05) is 12.1 Å². The number of carbonyl (C=O) groups excluding carboxylic acids is 1. The number of imidazole rings is 1. The second kappa shape index (κ2) is 8.37. The number of amides is 1. The molecule has 1 aromatic carbocycles. The first kappa shape index (κ1) is 23.3. The molecule has 1 aliphatic rings. The number of rotatable bonds is 5. The van der Waals surface area contributed by atoms with Gasteiger partial charge >= 0.3 is 12.1 Å². The average molecular weight is 505 g/mol. The van der Waals surface area contributed by atoms with Gasteiger partial charge < -0.3 is 16.5 Å². The first-order chi connectivity index (χ1) is 17.1. The average Bonchev–Trinajstić information content (AvgIpc) is 3.47. The van der Waals surface area contributed by atoms with Gasteiger partial charge in [0, 0.05) is 29.6 Å². The van der Waals surface area contributed by atoms with Gasteiger partial charge in [-0.2, -0.15) is 22.0 Å². The Labute approximate surface area is 198 Å². The second-order valence-corrected chi connectivity index (χ2v) is 7.87. The molecule has 5 rings (SSSR count). The van der Waals surface area contributed by atoms with Crippen molar-refractivity contribution in [2.24, 2.45) is 0 Å². The molecule has 1 amide bonds. The second-order valence-electron chi connectivity index (χ2n) is 7.87. The maximum Gasteiger partial charge on any atom is 0.458 e. The van der Waals surface area contributed by atoms with Crippen molar-refractivity contribution in [3.63, 3.8) is 0 Å². The van der Waals surface area contributed by atoms with Crippen LogP contribution in [0, 0.1) is 0 Å². The maximum atomic E-state index is 13.7. The zero-order valence-corrected chi connectivity index (χ0v) is 18.0. The minimum atomic E-state index is -5.80. The van der Waals surface area contributed by atoms with E-state index in [0.29, 0.717) is 29.0 Å². The molecule has 3 aromatic heterocycles. The summed E-state index contributed by atoms with van der Waals surface area (Å²) in [5, 5.41) is 2.63. The summed E-state index contributed by atoms with van der Waals surface area (Å²) in [6, 6.07) is 6.40. The molecule has 0 radical (unpaired) electrons. The highest BCUT2D eigenvalue weighted by Gasteiger charge is 2.59. The van der Waals surface area contributed by atoms with Crippen LogP contribution in [0.15, 0.2) is 49.2 Å². The summed E-state index contributed by atoms with van der Waals surface area (Å²) in [7, 11) is 0. The van der Waals surface area contributed by atoms with Crippen LogP contribution in [0.1, 0.15) is 22.7 Å². The number of nitrogens with one attached hydrogen (secondary N) is 3. The van der Waals surface area contributed by atoms with Crippen molar-refractivity contribution in [1.82, 2.24) is 35.2 Å². The van der Waals surface area contributed by atoms with E-state index in [-0.39, 0.29) is 23.7 Å². The van der Waals surface area contributed by atoms with Crippen molar-refractivity contribution in [3.8, 4) is 5.69 Å². The van der Waals surface area contributed by atoms with Crippen LogP contribution in [-0.2, 0) is 17.3 Å². The van der Waals surface area contributed by atoms with Gasteiger partial charge in [0.25, 0.3) is 0 Å². The number of nitrogens with zero attached hydrogens (tertiary/aromatic N) is 5. The molecule has 4 heterocycles. The summed E-state index contributed by atoms with van der Waals surface area (Å²) < 4.78 is 67.4. The molecule has 15 heteroatoms. The Morgan fingerprint density at radius 1 is 1.08 bits per heavy atom. The Morgan fingerprint density at radius 2 is 1.83 bits per heavy atom. The van der Waals surface area contributed by atoms with Crippen molar-refractivity contribution < 1.29 is 26.7 Å². The molecule has 0 fully saturated rings. The van der Waals surface area contributed by atoms with Crippen LogP contribution in [0.2, 0.25) is 0 Å². The topological polar surface area (TPSA) is 136 Å². The van der Waals surface area contributed by atoms with Crippen LogP contribution in [0.5, 0.6) is 0 Å². The van der Waals surface area contributed by atoms with Crippen LogP contribution < -0.4 is 21.9 Å². The number of alkyl halides is 5. The van der Waals surface area contributed by atoms with Gasteiger partial charge in [-0.05, 0) is 23.8 Å². The van der Waals surface area contributed by atoms with Gasteiger partial charge in [-0.25, -0.2) is 25.4 Å². The third-order valence-corrected chi connectivity index (χ3v) is 5.59. The van der Waals surface area contributed by atoms with Crippen LogP contribution >= 0.6 is 0 Å². The van der Waals surface area contributed by atoms with E-state index in [0.717, 1.165) is 5.69 Å². The standard InChI is InChI=1S/C21H16F5N9O/c22-20(23,21(24,25)26)11-5-13-14(33-34-17(13)28-7-11)19(36)29-6-10-1-3-12(4-2-10)35-9-32-15-16(27)30-8-31-18(15)35/h1-5,7-9,14,33H,6H2,(H,28,34)(H,29,36)(H2,27,30,31). The first-order valence-corrected chi connectivity index (χ1v) is 10.3. The molecule has 36 heavy (non-hydrogen) atoms. The highest BCUT2D eigenvalue weighted by atomic mass is 19.4. The molecule has 0 bridgehead atoms. The third kappa shape index (κ3) is 3.92. The Kier molecular flexibility index (Phi) is 5.43. The number of carbonyl (C=O) groups is 1. The molecule has 1 unspecified atom stereocenters. The van der Waals surface area contributed by atoms with E-state index in [1.165, 1.54) is 6.33 Å². The highest BCUT2D eigenvalue weighted by molar-refractivity contribution is 5.86. The normalized spacial score (nSPS) is 15.5. The summed E-state index contributed by atoms with van der Waals surface area (Å²) in [6.07, 6.45) is -2.50.